The summed E-state index contributed by atoms with van der Waals surface area (Å²) in [6.45, 7) is 13.7. The minimum atomic E-state index is 0.743. The smallest absolute Gasteiger partial charge is 0.0299 e. The van der Waals surface area contributed by atoms with E-state index < -0.39 is 0 Å². The molecule has 2 atom stereocenters. The first-order valence-electron chi connectivity index (χ1n) is 7.63. The number of piperidine rings is 1. The molecule has 1 aromatic heterocycles. The van der Waals surface area contributed by atoms with E-state index in [0.717, 1.165) is 31.6 Å². The van der Waals surface area contributed by atoms with Crippen LogP contribution in [-0.4, -0.2) is 24.0 Å². The highest BCUT2D eigenvalue weighted by molar-refractivity contribution is 7.12. The maximum absolute atomic E-state index is 3.42. The summed E-state index contributed by atoms with van der Waals surface area (Å²) in [4.78, 5) is 5.64. The molecule has 0 saturated carbocycles. The second-order valence-electron chi connectivity index (χ2n) is 6.04. The van der Waals surface area contributed by atoms with Gasteiger partial charge in [0, 0.05) is 35.4 Å². The van der Waals surface area contributed by atoms with Gasteiger partial charge in [0.15, 0.2) is 0 Å². The maximum atomic E-state index is 3.42. The first kappa shape index (κ1) is 15.0. The predicted molar refractivity (Wildman–Crippen MR) is 84.7 cm³/mol. The third-order valence-electron chi connectivity index (χ3n) is 4.24. The lowest BCUT2D eigenvalue weighted by atomic mass is 9.94. The van der Waals surface area contributed by atoms with Crippen LogP contribution in [0.25, 0.3) is 0 Å². The van der Waals surface area contributed by atoms with Gasteiger partial charge in [0.05, 0.1) is 0 Å². The Morgan fingerprint density at radius 1 is 1.37 bits per heavy atom. The van der Waals surface area contributed by atoms with Crippen molar-refractivity contribution < 1.29 is 0 Å². The zero-order chi connectivity index (χ0) is 13.8. The van der Waals surface area contributed by atoms with Gasteiger partial charge in [-0.05, 0) is 50.8 Å². The van der Waals surface area contributed by atoms with Crippen LogP contribution in [-0.2, 0) is 13.1 Å². The highest BCUT2D eigenvalue weighted by Gasteiger charge is 2.23. The standard InChI is InChI=1S/C16H28N2S/c1-5-17-9-16-8-15(14(4)19-16)11-18-10-12(2)6-7-13(18)3/h8,12-13,17H,5-7,9-11H2,1-4H3. The number of rotatable bonds is 5. The number of nitrogens with zero attached hydrogens (tertiary/aromatic N) is 1. The van der Waals surface area contributed by atoms with E-state index in [2.05, 4.69) is 44.0 Å². The third-order valence-corrected chi connectivity index (χ3v) is 5.33. The molecule has 2 unspecified atom stereocenters. The lowest BCUT2D eigenvalue weighted by molar-refractivity contribution is 0.117. The Bertz CT molecular complexity index is 399. The highest BCUT2D eigenvalue weighted by Crippen LogP contribution is 2.27. The minimum Gasteiger partial charge on any atom is -0.312 e. The summed E-state index contributed by atoms with van der Waals surface area (Å²) in [6.07, 6.45) is 2.75. The van der Waals surface area contributed by atoms with Crippen LogP contribution in [0.15, 0.2) is 6.07 Å². The molecule has 0 bridgehead atoms. The number of hydrogen-bond acceptors (Lipinski definition) is 3. The second kappa shape index (κ2) is 6.87. The summed E-state index contributed by atoms with van der Waals surface area (Å²) >= 11 is 1.96. The highest BCUT2D eigenvalue weighted by atomic mass is 32.1. The van der Waals surface area contributed by atoms with Crippen LogP contribution >= 0.6 is 11.3 Å². The van der Waals surface area contributed by atoms with Crippen LogP contribution in [0.3, 0.4) is 0 Å². The Kier molecular flexibility index (Phi) is 5.43. The molecule has 19 heavy (non-hydrogen) atoms. The van der Waals surface area contributed by atoms with Gasteiger partial charge < -0.3 is 5.32 Å². The van der Waals surface area contributed by atoms with E-state index in [1.807, 2.05) is 11.3 Å². The summed E-state index contributed by atoms with van der Waals surface area (Å²) in [5.41, 5.74) is 1.54. The lowest BCUT2D eigenvalue weighted by Crippen LogP contribution is -2.40. The van der Waals surface area contributed by atoms with Gasteiger partial charge in [-0.25, -0.2) is 0 Å². The summed E-state index contributed by atoms with van der Waals surface area (Å²) in [5, 5.41) is 3.42. The van der Waals surface area contributed by atoms with Crippen molar-refractivity contribution in [2.24, 2.45) is 5.92 Å². The van der Waals surface area contributed by atoms with Crippen molar-refractivity contribution in [1.82, 2.24) is 10.2 Å². The van der Waals surface area contributed by atoms with Crippen molar-refractivity contribution in [3.8, 4) is 0 Å². The topological polar surface area (TPSA) is 15.3 Å². The fourth-order valence-corrected chi connectivity index (χ4v) is 3.92. The molecule has 2 nitrogen and oxygen atoms in total. The van der Waals surface area contributed by atoms with Gasteiger partial charge in [0.25, 0.3) is 0 Å². The van der Waals surface area contributed by atoms with E-state index in [-0.39, 0.29) is 0 Å². The molecule has 0 amide bonds. The molecule has 0 spiro atoms. The molecule has 0 aliphatic carbocycles. The molecule has 2 heterocycles. The Balaban J connectivity index is 1.99. The van der Waals surface area contributed by atoms with Crippen molar-refractivity contribution in [2.45, 2.75) is 59.7 Å². The number of nitrogens with one attached hydrogen (secondary N) is 1. The summed E-state index contributed by atoms with van der Waals surface area (Å²) in [5.74, 6) is 0.858. The number of aryl methyl sites for hydroxylation is 1. The van der Waals surface area contributed by atoms with Crippen LogP contribution in [0.4, 0.5) is 0 Å². The van der Waals surface area contributed by atoms with E-state index in [4.69, 9.17) is 0 Å². The SMILES string of the molecule is CCNCc1cc(CN2CC(C)CCC2C)c(C)s1. The monoisotopic (exact) mass is 280 g/mol. The van der Waals surface area contributed by atoms with Gasteiger partial charge in [-0.3, -0.25) is 4.90 Å². The van der Waals surface area contributed by atoms with Gasteiger partial charge in [0.2, 0.25) is 0 Å². The largest absolute Gasteiger partial charge is 0.312 e. The zero-order valence-corrected chi connectivity index (χ0v) is 13.6. The maximum Gasteiger partial charge on any atom is 0.0299 e. The van der Waals surface area contributed by atoms with Crippen molar-refractivity contribution in [2.75, 3.05) is 13.1 Å². The van der Waals surface area contributed by atoms with E-state index in [1.54, 1.807) is 5.56 Å². The summed E-state index contributed by atoms with van der Waals surface area (Å²) in [7, 11) is 0. The van der Waals surface area contributed by atoms with E-state index >= 15 is 0 Å². The van der Waals surface area contributed by atoms with Crippen LogP contribution in [0.5, 0.6) is 0 Å². The van der Waals surface area contributed by atoms with Gasteiger partial charge in [-0.15, -0.1) is 11.3 Å². The lowest BCUT2D eigenvalue weighted by Gasteiger charge is -2.36. The van der Waals surface area contributed by atoms with Gasteiger partial charge >= 0.3 is 0 Å². The Labute approximate surface area is 122 Å². The van der Waals surface area contributed by atoms with Gasteiger partial charge in [-0.1, -0.05) is 13.8 Å². The summed E-state index contributed by atoms with van der Waals surface area (Å²) in [6, 6.07) is 3.15. The van der Waals surface area contributed by atoms with Gasteiger partial charge in [-0.2, -0.15) is 0 Å². The average Bonchev–Trinajstić information content (AvgIpc) is 2.72. The fraction of sp³-hybridized carbons (Fsp3) is 0.750. The third kappa shape index (κ3) is 4.04. The number of hydrogen-bond donors (Lipinski definition) is 1. The van der Waals surface area contributed by atoms with Crippen molar-refractivity contribution in [3.05, 3.63) is 21.4 Å². The molecule has 3 heteroatoms. The van der Waals surface area contributed by atoms with Crippen LogP contribution in [0, 0.1) is 12.8 Å². The first-order valence-corrected chi connectivity index (χ1v) is 8.44. The van der Waals surface area contributed by atoms with E-state index in [9.17, 15) is 0 Å². The first-order chi connectivity index (χ1) is 9.10. The van der Waals surface area contributed by atoms with Crippen LogP contribution in [0.1, 0.15) is 48.9 Å². The Morgan fingerprint density at radius 3 is 2.89 bits per heavy atom. The molecular weight excluding hydrogens is 252 g/mol. The minimum absolute atomic E-state index is 0.743. The molecule has 0 aromatic carbocycles. The number of thiophene rings is 1. The van der Waals surface area contributed by atoms with Crippen molar-refractivity contribution >= 4 is 11.3 Å². The Hall–Kier alpha value is -0.380. The van der Waals surface area contributed by atoms with Crippen molar-refractivity contribution in [3.63, 3.8) is 0 Å². The molecule has 1 saturated heterocycles. The molecule has 108 valence electrons. The molecule has 1 N–H and O–H groups in total. The predicted octanol–water partition coefficient (Wildman–Crippen LogP) is 3.79. The molecular formula is C16H28N2S. The molecule has 1 fully saturated rings. The van der Waals surface area contributed by atoms with Crippen molar-refractivity contribution in [1.29, 1.82) is 0 Å². The quantitative estimate of drug-likeness (QED) is 0.883. The Morgan fingerprint density at radius 2 is 2.16 bits per heavy atom. The average molecular weight is 280 g/mol. The van der Waals surface area contributed by atoms with Gasteiger partial charge in [0.1, 0.15) is 0 Å². The van der Waals surface area contributed by atoms with Crippen LogP contribution in [0.2, 0.25) is 0 Å². The normalized spacial score (nSPS) is 24.8. The second-order valence-corrected chi connectivity index (χ2v) is 7.38. The fourth-order valence-electron chi connectivity index (χ4n) is 2.90. The number of likely N-dealkylation sites (tertiary alicyclic amines) is 1. The molecule has 1 aliphatic rings. The molecule has 1 aliphatic heterocycles. The van der Waals surface area contributed by atoms with E-state index in [0.29, 0.717) is 0 Å². The molecule has 2 rings (SSSR count). The molecule has 0 radical (unpaired) electrons. The zero-order valence-electron chi connectivity index (χ0n) is 12.8. The van der Waals surface area contributed by atoms with E-state index in [1.165, 1.54) is 29.1 Å². The molecule has 1 aromatic rings. The summed E-state index contributed by atoms with van der Waals surface area (Å²) < 4.78 is 0. The van der Waals surface area contributed by atoms with Crippen LogP contribution < -0.4 is 5.32 Å².